The standard InChI is InChI=1S/C22H24FN5O3/c1-3-16-21(29)26-20-17(25-16)6-4-15(19(20)23)13-27-8-10-28(11-9-27)18-7-5-14(12-24-18)22(30)31-2/h4-7,12H,3,8-11,13H2,1-2H3,(H,26,29). The maximum absolute atomic E-state index is 15.0. The summed E-state index contributed by atoms with van der Waals surface area (Å²) in [6, 6.07) is 7.00. The first-order valence-corrected chi connectivity index (χ1v) is 10.2. The molecule has 0 amide bonds. The number of piperazine rings is 1. The van der Waals surface area contributed by atoms with E-state index in [1.807, 2.05) is 6.92 Å². The Balaban J connectivity index is 1.43. The number of rotatable bonds is 5. The Morgan fingerprint density at radius 1 is 1.19 bits per heavy atom. The minimum Gasteiger partial charge on any atom is -0.465 e. The first-order chi connectivity index (χ1) is 15.0. The third-order valence-electron chi connectivity index (χ3n) is 5.55. The van der Waals surface area contributed by atoms with E-state index in [-0.39, 0.29) is 11.1 Å². The van der Waals surface area contributed by atoms with Gasteiger partial charge >= 0.3 is 5.97 Å². The Hall–Kier alpha value is -3.33. The zero-order chi connectivity index (χ0) is 22.0. The van der Waals surface area contributed by atoms with Crippen LogP contribution in [0.1, 0.15) is 28.5 Å². The summed E-state index contributed by atoms with van der Waals surface area (Å²) < 4.78 is 19.7. The molecule has 4 rings (SSSR count). The highest BCUT2D eigenvalue weighted by Crippen LogP contribution is 2.20. The lowest BCUT2D eigenvalue weighted by atomic mass is 10.1. The minimum atomic E-state index is -0.424. The molecule has 1 aromatic carbocycles. The van der Waals surface area contributed by atoms with Crippen LogP contribution in [0.5, 0.6) is 0 Å². The highest BCUT2D eigenvalue weighted by molar-refractivity contribution is 5.89. The molecule has 0 radical (unpaired) electrons. The average molecular weight is 425 g/mol. The van der Waals surface area contributed by atoms with Crippen LogP contribution in [0.2, 0.25) is 0 Å². The van der Waals surface area contributed by atoms with Crippen molar-refractivity contribution in [2.75, 3.05) is 38.2 Å². The zero-order valence-corrected chi connectivity index (χ0v) is 17.5. The SMILES string of the molecule is CCc1nc2ccc(CN3CCN(c4ccc(C(=O)OC)cn4)CC3)c(F)c2[nH]c1=O. The molecule has 9 heteroatoms. The van der Waals surface area contributed by atoms with Crippen LogP contribution in [0.25, 0.3) is 11.0 Å². The van der Waals surface area contributed by atoms with E-state index in [0.717, 1.165) is 32.0 Å². The number of esters is 1. The van der Waals surface area contributed by atoms with Crippen LogP contribution >= 0.6 is 0 Å². The number of fused-ring (bicyclic) bond motifs is 1. The summed E-state index contributed by atoms with van der Waals surface area (Å²) in [6.07, 6.45) is 2.01. The summed E-state index contributed by atoms with van der Waals surface area (Å²) in [4.78, 5) is 39.1. The molecule has 162 valence electrons. The lowest BCUT2D eigenvalue weighted by molar-refractivity contribution is 0.0600. The molecule has 3 aromatic rings. The minimum absolute atomic E-state index is 0.160. The molecule has 0 atom stereocenters. The van der Waals surface area contributed by atoms with E-state index in [2.05, 4.69) is 24.8 Å². The number of H-pyrrole nitrogens is 1. The van der Waals surface area contributed by atoms with Gasteiger partial charge in [-0.2, -0.15) is 0 Å². The number of nitrogens with one attached hydrogen (secondary N) is 1. The number of carbonyl (C=O) groups is 1. The van der Waals surface area contributed by atoms with Crippen molar-refractivity contribution in [3.63, 3.8) is 0 Å². The highest BCUT2D eigenvalue weighted by Gasteiger charge is 2.20. The van der Waals surface area contributed by atoms with Crippen LogP contribution in [0.3, 0.4) is 0 Å². The van der Waals surface area contributed by atoms with E-state index >= 15 is 4.39 Å². The number of nitrogens with zero attached hydrogens (tertiary/aromatic N) is 4. The van der Waals surface area contributed by atoms with Gasteiger partial charge in [0.25, 0.3) is 5.56 Å². The second kappa shape index (κ2) is 8.81. The van der Waals surface area contributed by atoms with E-state index in [9.17, 15) is 9.59 Å². The first-order valence-electron chi connectivity index (χ1n) is 10.2. The number of pyridine rings is 1. The molecular formula is C22H24FN5O3. The van der Waals surface area contributed by atoms with Crippen molar-refractivity contribution in [3.05, 3.63) is 63.5 Å². The van der Waals surface area contributed by atoms with E-state index in [4.69, 9.17) is 4.74 Å². The van der Waals surface area contributed by atoms with Gasteiger partial charge < -0.3 is 14.6 Å². The molecule has 0 unspecified atom stereocenters. The second-order valence-corrected chi connectivity index (χ2v) is 7.46. The number of hydrogen-bond donors (Lipinski definition) is 1. The number of carbonyl (C=O) groups excluding carboxylic acids is 1. The maximum atomic E-state index is 15.0. The van der Waals surface area contributed by atoms with Crippen molar-refractivity contribution in [1.29, 1.82) is 0 Å². The third-order valence-corrected chi connectivity index (χ3v) is 5.55. The maximum Gasteiger partial charge on any atom is 0.339 e. The van der Waals surface area contributed by atoms with Gasteiger partial charge in [-0.15, -0.1) is 0 Å². The van der Waals surface area contributed by atoms with E-state index in [1.165, 1.54) is 13.3 Å². The fourth-order valence-corrected chi connectivity index (χ4v) is 3.75. The van der Waals surface area contributed by atoms with Gasteiger partial charge in [0.05, 0.1) is 18.2 Å². The second-order valence-electron chi connectivity index (χ2n) is 7.46. The van der Waals surface area contributed by atoms with Gasteiger partial charge in [0.2, 0.25) is 0 Å². The van der Waals surface area contributed by atoms with Gasteiger partial charge in [-0.1, -0.05) is 13.0 Å². The van der Waals surface area contributed by atoms with Gasteiger partial charge in [0.15, 0.2) is 5.82 Å². The van der Waals surface area contributed by atoms with Crippen LogP contribution in [0, 0.1) is 5.82 Å². The van der Waals surface area contributed by atoms with Crippen molar-refractivity contribution in [2.45, 2.75) is 19.9 Å². The van der Waals surface area contributed by atoms with Crippen LogP contribution in [0.15, 0.2) is 35.3 Å². The van der Waals surface area contributed by atoms with Crippen LogP contribution in [0.4, 0.5) is 10.2 Å². The van der Waals surface area contributed by atoms with E-state index < -0.39 is 11.8 Å². The van der Waals surface area contributed by atoms with Gasteiger partial charge in [0.1, 0.15) is 17.0 Å². The topological polar surface area (TPSA) is 91.4 Å². The number of aryl methyl sites for hydroxylation is 1. The fraction of sp³-hybridized carbons (Fsp3) is 0.364. The molecule has 31 heavy (non-hydrogen) atoms. The van der Waals surface area contributed by atoms with Gasteiger partial charge in [-0.05, 0) is 24.6 Å². The monoisotopic (exact) mass is 425 g/mol. The Morgan fingerprint density at radius 3 is 2.61 bits per heavy atom. The van der Waals surface area contributed by atoms with Crippen molar-refractivity contribution in [2.24, 2.45) is 0 Å². The summed E-state index contributed by atoms with van der Waals surface area (Å²) in [7, 11) is 1.34. The summed E-state index contributed by atoms with van der Waals surface area (Å²) in [5.41, 5.74) is 1.63. The molecule has 2 aromatic heterocycles. The van der Waals surface area contributed by atoms with Crippen molar-refractivity contribution in [3.8, 4) is 0 Å². The molecule has 0 saturated carbocycles. The quantitative estimate of drug-likeness (QED) is 0.626. The molecule has 3 heterocycles. The van der Waals surface area contributed by atoms with Gasteiger partial charge in [-0.25, -0.2) is 19.2 Å². The smallest absolute Gasteiger partial charge is 0.339 e. The average Bonchev–Trinajstić information content (AvgIpc) is 2.81. The Bertz CT molecular complexity index is 1150. The van der Waals surface area contributed by atoms with E-state index in [0.29, 0.717) is 35.3 Å². The molecule has 1 aliphatic rings. The van der Waals surface area contributed by atoms with Crippen molar-refractivity contribution in [1.82, 2.24) is 19.9 Å². The molecule has 8 nitrogen and oxygen atoms in total. The normalized spacial score (nSPS) is 14.7. The van der Waals surface area contributed by atoms with Gasteiger partial charge in [0, 0.05) is 44.5 Å². The molecule has 1 saturated heterocycles. The number of methoxy groups -OCH3 is 1. The third kappa shape index (κ3) is 4.27. The number of aromatic amines is 1. The summed E-state index contributed by atoms with van der Waals surface area (Å²) in [5.74, 6) is -0.0458. The van der Waals surface area contributed by atoms with Crippen LogP contribution in [-0.4, -0.2) is 59.1 Å². The van der Waals surface area contributed by atoms with Crippen molar-refractivity contribution >= 4 is 22.8 Å². The Labute approximate surface area is 178 Å². The Morgan fingerprint density at radius 2 is 1.97 bits per heavy atom. The predicted molar refractivity (Wildman–Crippen MR) is 115 cm³/mol. The predicted octanol–water partition coefficient (Wildman–Crippen LogP) is 2.13. The molecular weight excluding hydrogens is 401 g/mol. The number of hydrogen-bond acceptors (Lipinski definition) is 7. The fourth-order valence-electron chi connectivity index (χ4n) is 3.75. The zero-order valence-electron chi connectivity index (χ0n) is 17.5. The lowest BCUT2D eigenvalue weighted by Gasteiger charge is -2.35. The van der Waals surface area contributed by atoms with E-state index in [1.54, 1.807) is 24.3 Å². The summed E-state index contributed by atoms with van der Waals surface area (Å²) in [5, 5.41) is 0. The number of benzene rings is 1. The number of ether oxygens (including phenoxy) is 1. The lowest BCUT2D eigenvalue weighted by Crippen LogP contribution is -2.46. The molecule has 0 bridgehead atoms. The van der Waals surface area contributed by atoms with Crippen LogP contribution in [-0.2, 0) is 17.7 Å². The molecule has 0 aliphatic carbocycles. The molecule has 1 N–H and O–H groups in total. The number of halogens is 1. The van der Waals surface area contributed by atoms with Crippen LogP contribution < -0.4 is 10.5 Å². The highest BCUT2D eigenvalue weighted by atomic mass is 19.1. The number of aromatic nitrogens is 3. The van der Waals surface area contributed by atoms with Crippen molar-refractivity contribution < 1.29 is 13.9 Å². The first kappa shape index (κ1) is 20.9. The summed E-state index contributed by atoms with van der Waals surface area (Å²) in [6.45, 7) is 5.23. The largest absolute Gasteiger partial charge is 0.465 e. The summed E-state index contributed by atoms with van der Waals surface area (Å²) >= 11 is 0. The molecule has 1 fully saturated rings. The number of anilines is 1. The Kier molecular flexibility index (Phi) is 5.94. The van der Waals surface area contributed by atoms with Gasteiger partial charge in [-0.3, -0.25) is 9.69 Å². The molecule has 0 spiro atoms. The molecule has 1 aliphatic heterocycles.